The second-order valence-corrected chi connectivity index (χ2v) is 7.35. The molecule has 10 heteroatoms. The Bertz CT molecular complexity index is 854. The molecular weight excluding hydrogens is 371 g/mol. The molecule has 2 rings (SSSR count). The van der Waals surface area contributed by atoms with Gasteiger partial charge in [-0.25, -0.2) is 8.42 Å². The molecule has 1 aromatic heterocycles. The standard InChI is InChI=1S/C16H16F3N3O3S/c1-26(24,25)22(14-4-2-13(3-5-14)16(17,18)19)11-15(23)21-10-12-6-8-20-9-7-12/h2-9H,10-11H2,1H3,(H,21,23). The molecule has 0 unspecified atom stereocenters. The summed E-state index contributed by atoms with van der Waals surface area (Å²) in [6, 6.07) is 6.93. The first-order valence-corrected chi connectivity index (χ1v) is 9.23. The molecule has 2 aromatic rings. The van der Waals surface area contributed by atoms with Crippen LogP contribution in [0.5, 0.6) is 0 Å². The van der Waals surface area contributed by atoms with Crippen LogP contribution in [0.1, 0.15) is 11.1 Å². The summed E-state index contributed by atoms with van der Waals surface area (Å²) in [7, 11) is -3.86. The number of anilines is 1. The van der Waals surface area contributed by atoms with Crippen molar-refractivity contribution in [1.82, 2.24) is 10.3 Å². The summed E-state index contributed by atoms with van der Waals surface area (Å²) in [6.45, 7) is -0.374. The van der Waals surface area contributed by atoms with Crippen LogP contribution in [0.25, 0.3) is 0 Å². The highest BCUT2D eigenvalue weighted by Gasteiger charge is 2.30. The molecule has 6 nitrogen and oxygen atoms in total. The molecule has 0 aliphatic rings. The number of aromatic nitrogens is 1. The minimum Gasteiger partial charge on any atom is -0.350 e. The van der Waals surface area contributed by atoms with Crippen LogP contribution in [0.3, 0.4) is 0 Å². The lowest BCUT2D eigenvalue weighted by molar-refractivity contribution is -0.137. The van der Waals surface area contributed by atoms with Gasteiger partial charge in [0.2, 0.25) is 15.9 Å². The summed E-state index contributed by atoms with van der Waals surface area (Å²) >= 11 is 0. The average Bonchev–Trinajstić information content (AvgIpc) is 2.57. The van der Waals surface area contributed by atoms with Gasteiger partial charge in [0.25, 0.3) is 0 Å². The van der Waals surface area contributed by atoms with Crippen LogP contribution in [-0.4, -0.2) is 32.1 Å². The van der Waals surface area contributed by atoms with E-state index in [0.29, 0.717) is 0 Å². The van der Waals surface area contributed by atoms with Crippen molar-refractivity contribution in [2.24, 2.45) is 0 Å². The summed E-state index contributed by atoms with van der Waals surface area (Å²) < 4.78 is 62.5. The first kappa shape index (κ1) is 19.7. The van der Waals surface area contributed by atoms with Crippen molar-refractivity contribution < 1.29 is 26.4 Å². The van der Waals surface area contributed by atoms with Gasteiger partial charge >= 0.3 is 6.18 Å². The van der Waals surface area contributed by atoms with Gasteiger partial charge in [-0.3, -0.25) is 14.1 Å². The van der Waals surface area contributed by atoms with E-state index in [1.807, 2.05) is 0 Å². The largest absolute Gasteiger partial charge is 0.416 e. The van der Waals surface area contributed by atoms with Gasteiger partial charge in [0.1, 0.15) is 6.54 Å². The van der Waals surface area contributed by atoms with Crippen LogP contribution >= 0.6 is 0 Å². The third-order valence-electron chi connectivity index (χ3n) is 3.41. The first-order valence-electron chi connectivity index (χ1n) is 7.38. The summed E-state index contributed by atoms with van der Waals surface area (Å²) in [5.74, 6) is -0.591. The number of hydrogen-bond donors (Lipinski definition) is 1. The SMILES string of the molecule is CS(=O)(=O)N(CC(=O)NCc1ccncc1)c1ccc(C(F)(F)F)cc1. The van der Waals surface area contributed by atoms with Crippen molar-refractivity contribution in [3.8, 4) is 0 Å². The van der Waals surface area contributed by atoms with Crippen molar-refractivity contribution in [3.63, 3.8) is 0 Å². The van der Waals surface area contributed by atoms with E-state index < -0.39 is 34.2 Å². The Labute approximate surface area is 148 Å². The molecule has 26 heavy (non-hydrogen) atoms. The van der Waals surface area contributed by atoms with E-state index in [1.165, 1.54) is 0 Å². The highest BCUT2D eigenvalue weighted by Crippen LogP contribution is 2.30. The molecule has 1 aromatic carbocycles. The van der Waals surface area contributed by atoms with Crippen molar-refractivity contribution in [2.75, 3.05) is 17.1 Å². The molecule has 1 amide bonds. The highest BCUT2D eigenvalue weighted by molar-refractivity contribution is 7.92. The number of nitrogens with one attached hydrogen (secondary N) is 1. The number of amides is 1. The van der Waals surface area contributed by atoms with Crippen LogP contribution in [0, 0.1) is 0 Å². The molecule has 1 N–H and O–H groups in total. The van der Waals surface area contributed by atoms with E-state index >= 15 is 0 Å². The van der Waals surface area contributed by atoms with Crippen molar-refractivity contribution >= 4 is 21.6 Å². The number of nitrogens with zero attached hydrogens (tertiary/aromatic N) is 2. The molecule has 0 saturated heterocycles. The zero-order chi connectivity index (χ0) is 19.4. The number of pyridine rings is 1. The topological polar surface area (TPSA) is 79.4 Å². The Morgan fingerprint density at radius 3 is 2.19 bits per heavy atom. The van der Waals surface area contributed by atoms with Crippen molar-refractivity contribution in [2.45, 2.75) is 12.7 Å². The van der Waals surface area contributed by atoms with E-state index in [2.05, 4.69) is 10.3 Å². The van der Waals surface area contributed by atoms with Gasteiger partial charge in [-0.1, -0.05) is 0 Å². The van der Waals surface area contributed by atoms with Crippen molar-refractivity contribution in [1.29, 1.82) is 0 Å². The molecule has 1 heterocycles. The highest BCUT2D eigenvalue weighted by atomic mass is 32.2. The lowest BCUT2D eigenvalue weighted by Crippen LogP contribution is -2.40. The van der Waals surface area contributed by atoms with Gasteiger partial charge in [-0.05, 0) is 42.0 Å². The lowest BCUT2D eigenvalue weighted by atomic mass is 10.2. The zero-order valence-electron chi connectivity index (χ0n) is 13.7. The van der Waals surface area contributed by atoms with Crippen LogP contribution < -0.4 is 9.62 Å². The van der Waals surface area contributed by atoms with Gasteiger partial charge in [-0.2, -0.15) is 13.2 Å². The number of carbonyl (C=O) groups excluding carboxylic acids is 1. The number of carbonyl (C=O) groups is 1. The number of sulfonamides is 1. The van der Waals surface area contributed by atoms with Crippen LogP contribution in [0.2, 0.25) is 0 Å². The van der Waals surface area contributed by atoms with E-state index in [4.69, 9.17) is 0 Å². The molecule has 0 saturated carbocycles. The summed E-state index contributed by atoms with van der Waals surface area (Å²) in [5.41, 5.74) is -0.162. The van der Waals surface area contributed by atoms with Crippen molar-refractivity contribution in [3.05, 3.63) is 59.9 Å². The minimum atomic E-state index is -4.53. The maximum Gasteiger partial charge on any atom is 0.416 e. The Kier molecular flexibility index (Phi) is 5.86. The number of alkyl halides is 3. The van der Waals surface area contributed by atoms with Crippen LogP contribution in [0.4, 0.5) is 18.9 Å². The molecule has 140 valence electrons. The monoisotopic (exact) mass is 387 g/mol. The zero-order valence-corrected chi connectivity index (χ0v) is 14.5. The molecule has 0 spiro atoms. The second kappa shape index (κ2) is 7.73. The first-order chi connectivity index (χ1) is 12.1. The molecule has 0 bridgehead atoms. The predicted molar refractivity (Wildman–Crippen MR) is 89.7 cm³/mol. The maximum atomic E-state index is 12.6. The van der Waals surface area contributed by atoms with E-state index in [0.717, 1.165) is 40.4 Å². The van der Waals surface area contributed by atoms with E-state index in [-0.39, 0.29) is 12.2 Å². The third-order valence-corrected chi connectivity index (χ3v) is 4.55. The predicted octanol–water partition coefficient (Wildman–Crippen LogP) is 2.18. The Morgan fingerprint density at radius 1 is 1.12 bits per heavy atom. The molecule has 0 atom stereocenters. The summed E-state index contributed by atoms with van der Waals surface area (Å²) in [5, 5.41) is 2.55. The summed E-state index contributed by atoms with van der Waals surface area (Å²) in [6.07, 6.45) is -0.559. The normalized spacial score (nSPS) is 11.8. The number of rotatable bonds is 6. The number of halogens is 3. The lowest BCUT2D eigenvalue weighted by Gasteiger charge is -2.22. The third kappa shape index (κ3) is 5.45. The van der Waals surface area contributed by atoms with Gasteiger partial charge in [0.15, 0.2) is 0 Å². The molecule has 0 radical (unpaired) electrons. The Hall–Kier alpha value is -2.62. The smallest absolute Gasteiger partial charge is 0.350 e. The fourth-order valence-electron chi connectivity index (χ4n) is 2.10. The Morgan fingerprint density at radius 2 is 1.69 bits per heavy atom. The fourth-order valence-corrected chi connectivity index (χ4v) is 2.96. The van der Waals surface area contributed by atoms with E-state index in [9.17, 15) is 26.4 Å². The minimum absolute atomic E-state index is 0.0282. The van der Waals surface area contributed by atoms with Gasteiger partial charge in [0.05, 0.1) is 17.5 Å². The molecular formula is C16H16F3N3O3S. The number of hydrogen-bond acceptors (Lipinski definition) is 4. The Balaban J connectivity index is 2.11. The number of benzene rings is 1. The van der Waals surface area contributed by atoms with Crippen LogP contribution in [0.15, 0.2) is 48.8 Å². The quantitative estimate of drug-likeness (QED) is 0.824. The fraction of sp³-hybridized carbons (Fsp3) is 0.250. The van der Waals surface area contributed by atoms with Gasteiger partial charge in [0, 0.05) is 18.9 Å². The molecule has 0 aliphatic heterocycles. The van der Waals surface area contributed by atoms with Crippen LogP contribution in [-0.2, 0) is 27.5 Å². The summed E-state index contributed by atoms with van der Waals surface area (Å²) in [4.78, 5) is 15.9. The van der Waals surface area contributed by atoms with Gasteiger partial charge < -0.3 is 5.32 Å². The average molecular weight is 387 g/mol. The molecule has 0 fully saturated rings. The van der Waals surface area contributed by atoms with E-state index in [1.54, 1.807) is 24.5 Å². The van der Waals surface area contributed by atoms with Gasteiger partial charge in [-0.15, -0.1) is 0 Å². The maximum absolute atomic E-state index is 12.6. The molecule has 0 aliphatic carbocycles. The second-order valence-electron chi connectivity index (χ2n) is 5.45.